The van der Waals surface area contributed by atoms with E-state index in [1.54, 1.807) is 0 Å². The van der Waals surface area contributed by atoms with Crippen LogP contribution in [0.1, 0.15) is 39.0 Å². The maximum absolute atomic E-state index is 11.9. The summed E-state index contributed by atoms with van der Waals surface area (Å²) in [5.41, 5.74) is -0.646. The van der Waals surface area contributed by atoms with Crippen molar-refractivity contribution in [3.8, 4) is 6.07 Å². The molecule has 0 aromatic heterocycles. The molecule has 2 rings (SSSR count). The van der Waals surface area contributed by atoms with E-state index in [0.29, 0.717) is 12.5 Å². The fraction of sp³-hybridized carbons (Fsp3) is 0.846. The van der Waals surface area contributed by atoms with Crippen molar-refractivity contribution in [2.75, 3.05) is 19.6 Å². The van der Waals surface area contributed by atoms with Crippen molar-refractivity contribution >= 4 is 5.91 Å². The Bertz CT molecular complexity index is 326. The van der Waals surface area contributed by atoms with Crippen LogP contribution < -0.4 is 5.32 Å². The second-order valence-electron chi connectivity index (χ2n) is 5.47. The monoisotopic (exact) mass is 235 g/mol. The number of carbonyl (C=O) groups is 1. The summed E-state index contributed by atoms with van der Waals surface area (Å²) >= 11 is 0. The van der Waals surface area contributed by atoms with E-state index < -0.39 is 5.54 Å². The zero-order valence-electron chi connectivity index (χ0n) is 10.5. The number of nitrogens with one attached hydrogen (secondary N) is 1. The van der Waals surface area contributed by atoms with Gasteiger partial charge >= 0.3 is 0 Å². The number of likely N-dealkylation sites (tertiary alicyclic amines) is 1. The van der Waals surface area contributed by atoms with Gasteiger partial charge in [-0.05, 0) is 51.6 Å². The summed E-state index contributed by atoms with van der Waals surface area (Å²) in [6, 6.07) is 2.26. The first-order valence-electron chi connectivity index (χ1n) is 6.59. The highest BCUT2D eigenvalue weighted by atomic mass is 16.2. The van der Waals surface area contributed by atoms with Crippen molar-refractivity contribution in [1.82, 2.24) is 10.2 Å². The van der Waals surface area contributed by atoms with Crippen molar-refractivity contribution in [2.24, 2.45) is 5.92 Å². The number of hydrogen-bond donors (Lipinski definition) is 1. The van der Waals surface area contributed by atoms with Gasteiger partial charge in [-0.1, -0.05) is 6.42 Å². The fourth-order valence-corrected chi connectivity index (χ4v) is 2.53. The number of rotatable bonds is 4. The molecule has 1 aliphatic heterocycles. The van der Waals surface area contributed by atoms with Crippen molar-refractivity contribution in [2.45, 2.75) is 44.6 Å². The van der Waals surface area contributed by atoms with Crippen molar-refractivity contribution in [3.63, 3.8) is 0 Å². The Morgan fingerprint density at radius 3 is 2.59 bits per heavy atom. The van der Waals surface area contributed by atoms with Gasteiger partial charge in [-0.3, -0.25) is 9.69 Å². The summed E-state index contributed by atoms with van der Waals surface area (Å²) in [5, 5.41) is 12.1. The number of nitrogens with zero attached hydrogens (tertiary/aromatic N) is 2. The summed E-state index contributed by atoms with van der Waals surface area (Å²) in [5.74, 6) is 0.362. The zero-order valence-corrected chi connectivity index (χ0v) is 10.5. The van der Waals surface area contributed by atoms with E-state index in [9.17, 15) is 10.1 Å². The van der Waals surface area contributed by atoms with Gasteiger partial charge < -0.3 is 5.32 Å². The summed E-state index contributed by atoms with van der Waals surface area (Å²) in [6.45, 7) is 4.32. The van der Waals surface area contributed by atoms with Gasteiger partial charge in [0.1, 0.15) is 5.54 Å². The molecule has 4 heteroatoms. The lowest BCUT2D eigenvalue weighted by molar-refractivity contribution is -0.123. The van der Waals surface area contributed by atoms with Crippen molar-refractivity contribution in [1.29, 1.82) is 5.26 Å². The Kier molecular flexibility index (Phi) is 3.68. The lowest BCUT2D eigenvalue weighted by Crippen LogP contribution is -2.50. The number of amides is 1. The van der Waals surface area contributed by atoms with E-state index in [1.165, 1.54) is 19.3 Å². The fourth-order valence-electron chi connectivity index (χ4n) is 2.53. The number of nitriles is 1. The largest absolute Gasteiger partial charge is 0.337 e. The molecular weight excluding hydrogens is 214 g/mol. The molecule has 4 nitrogen and oxygen atoms in total. The summed E-state index contributed by atoms with van der Waals surface area (Å²) in [4.78, 5) is 14.1. The van der Waals surface area contributed by atoms with E-state index >= 15 is 0 Å². The maximum Gasteiger partial charge on any atom is 0.235 e. The molecule has 2 aliphatic rings. The molecule has 1 saturated heterocycles. The minimum absolute atomic E-state index is 0.00264. The van der Waals surface area contributed by atoms with Gasteiger partial charge in [-0.15, -0.1) is 0 Å². The third-order valence-electron chi connectivity index (χ3n) is 3.84. The Morgan fingerprint density at radius 1 is 1.41 bits per heavy atom. The van der Waals surface area contributed by atoms with Crippen molar-refractivity contribution < 1.29 is 4.79 Å². The average molecular weight is 235 g/mol. The molecule has 0 spiro atoms. The molecule has 1 aliphatic carbocycles. The molecule has 1 saturated carbocycles. The summed E-state index contributed by atoms with van der Waals surface area (Å²) < 4.78 is 0. The highest BCUT2D eigenvalue weighted by Gasteiger charge is 2.43. The van der Waals surface area contributed by atoms with E-state index in [-0.39, 0.29) is 5.91 Å². The Hall–Kier alpha value is -1.08. The van der Waals surface area contributed by atoms with Gasteiger partial charge in [0, 0.05) is 0 Å². The third kappa shape index (κ3) is 3.19. The Morgan fingerprint density at radius 2 is 2.06 bits per heavy atom. The van der Waals surface area contributed by atoms with Crippen LogP contribution in [0.15, 0.2) is 0 Å². The quantitative estimate of drug-likeness (QED) is 0.798. The topological polar surface area (TPSA) is 56.1 Å². The molecule has 0 radical (unpaired) electrons. The second-order valence-corrected chi connectivity index (χ2v) is 5.47. The van der Waals surface area contributed by atoms with Crippen LogP contribution in [-0.4, -0.2) is 36.0 Å². The lowest BCUT2D eigenvalue weighted by Gasteiger charge is -2.28. The molecule has 1 N–H and O–H groups in total. The third-order valence-corrected chi connectivity index (χ3v) is 3.84. The number of piperidine rings is 1. The minimum Gasteiger partial charge on any atom is -0.337 e. The molecule has 0 aromatic rings. The lowest BCUT2D eigenvalue weighted by atomic mass is 9.98. The number of carbonyl (C=O) groups excluding carboxylic acids is 1. The number of hydrogen-bond acceptors (Lipinski definition) is 3. The molecule has 1 heterocycles. The molecule has 0 unspecified atom stereocenters. The van der Waals surface area contributed by atoms with Crippen LogP contribution in [0.2, 0.25) is 0 Å². The maximum atomic E-state index is 11.9. The first-order chi connectivity index (χ1) is 8.14. The average Bonchev–Trinajstić information content (AvgIpc) is 3.14. The van der Waals surface area contributed by atoms with Gasteiger partial charge in [-0.25, -0.2) is 0 Å². The van der Waals surface area contributed by atoms with E-state index in [4.69, 9.17) is 0 Å². The SMILES string of the molecule is C[C@@](C#N)(NC(=O)CN1CCCCC1)C1CC1. The van der Waals surface area contributed by atoms with Gasteiger partial charge in [0.25, 0.3) is 0 Å². The molecule has 1 amide bonds. The molecule has 1 atom stereocenters. The zero-order chi connectivity index (χ0) is 12.3. The van der Waals surface area contributed by atoms with Crippen LogP contribution in [-0.2, 0) is 4.79 Å². The first-order valence-corrected chi connectivity index (χ1v) is 6.59. The Balaban J connectivity index is 1.81. The molecule has 0 bridgehead atoms. The molecule has 2 fully saturated rings. The van der Waals surface area contributed by atoms with Gasteiger partial charge in [0.2, 0.25) is 5.91 Å². The normalized spacial score (nSPS) is 24.7. The molecular formula is C13H21N3O. The molecule has 17 heavy (non-hydrogen) atoms. The van der Waals surface area contributed by atoms with E-state index in [0.717, 1.165) is 25.9 Å². The highest BCUT2D eigenvalue weighted by molar-refractivity contribution is 5.79. The Labute approximate surface area is 103 Å². The highest BCUT2D eigenvalue weighted by Crippen LogP contribution is 2.39. The van der Waals surface area contributed by atoms with E-state index in [1.807, 2.05) is 6.92 Å². The van der Waals surface area contributed by atoms with Crippen LogP contribution in [0.25, 0.3) is 0 Å². The van der Waals surface area contributed by atoms with Crippen LogP contribution in [0.3, 0.4) is 0 Å². The van der Waals surface area contributed by atoms with Gasteiger partial charge in [0.05, 0.1) is 12.6 Å². The predicted molar refractivity (Wildman–Crippen MR) is 65.2 cm³/mol. The van der Waals surface area contributed by atoms with E-state index in [2.05, 4.69) is 16.3 Å². The van der Waals surface area contributed by atoms with Gasteiger partial charge in [0.15, 0.2) is 0 Å². The summed E-state index contributed by atoms with van der Waals surface area (Å²) in [6.07, 6.45) is 5.77. The standard InChI is InChI=1S/C13H21N3O/c1-13(10-14,11-5-6-11)15-12(17)9-16-7-3-2-4-8-16/h11H,2-9H2,1H3,(H,15,17)/t13-/m0/s1. The first kappa shape index (κ1) is 12.4. The predicted octanol–water partition coefficient (Wildman–Crippen LogP) is 1.28. The van der Waals surface area contributed by atoms with Crippen molar-refractivity contribution in [3.05, 3.63) is 0 Å². The van der Waals surface area contributed by atoms with Crippen LogP contribution in [0.5, 0.6) is 0 Å². The minimum atomic E-state index is -0.646. The van der Waals surface area contributed by atoms with Crippen LogP contribution in [0.4, 0.5) is 0 Å². The molecule has 0 aromatic carbocycles. The second kappa shape index (κ2) is 5.05. The molecule has 94 valence electrons. The smallest absolute Gasteiger partial charge is 0.235 e. The van der Waals surface area contributed by atoms with Gasteiger partial charge in [-0.2, -0.15) is 5.26 Å². The van der Waals surface area contributed by atoms with Crippen LogP contribution >= 0.6 is 0 Å². The summed E-state index contributed by atoms with van der Waals surface area (Å²) in [7, 11) is 0. The van der Waals surface area contributed by atoms with Crippen LogP contribution in [0, 0.1) is 17.2 Å².